The number of pyridine rings is 1. The summed E-state index contributed by atoms with van der Waals surface area (Å²) in [4.78, 5) is 2.59. The molecule has 6 aromatic rings. The number of aryl methyl sites for hydroxylation is 3. The van der Waals surface area contributed by atoms with Crippen molar-refractivity contribution in [2.75, 3.05) is 0 Å². The molecule has 0 fully saturated rings. The molecule has 3 heteroatoms. The summed E-state index contributed by atoms with van der Waals surface area (Å²) in [5.74, 6) is 0. The molecule has 0 bridgehead atoms. The van der Waals surface area contributed by atoms with E-state index in [4.69, 9.17) is 0 Å². The number of hydrogen-bond donors (Lipinski definition) is 0. The van der Waals surface area contributed by atoms with Gasteiger partial charge in [-0.3, -0.25) is 0 Å². The minimum atomic E-state index is 1.23. The van der Waals surface area contributed by atoms with Crippen LogP contribution in [0.5, 0.6) is 0 Å². The van der Waals surface area contributed by atoms with E-state index >= 15 is 0 Å². The van der Waals surface area contributed by atoms with Gasteiger partial charge in [0.15, 0.2) is 6.20 Å². The predicted octanol–water partition coefficient (Wildman–Crippen LogP) is 7.53. The zero-order valence-electron chi connectivity index (χ0n) is 19.0. The van der Waals surface area contributed by atoms with Crippen LogP contribution in [0.4, 0.5) is 0 Å². The van der Waals surface area contributed by atoms with E-state index in [-0.39, 0.29) is 0 Å². The molecule has 160 valence electrons. The van der Waals surface area contributed by atoms with Crippen LogP contribution in [0.15, 0.2) is 97.2 Å². The lowest BCUT2D eigenvalue weighted by molar-refractivity contribution is -0.660. The fraction of sp³-hybridized carbons (Fsp3) is 0.100. The highest BCUT2D eigenvalue weighted by atomic mass is 32.1. The van der Waals surface area contributed by atoms with Crippen molar-refractivity contribution in [3.05, 3.63) is 103 Å². The van der Waals surface area contributed by atoms with E-state index in [9.17, 15) is 0 Å². The number of hydrogen-bond acceptors (Lipinski definition) is 1. The zero-order chi connectivity index (χ0) is 22.5. The highest BCUT2D eigenvalue weighted by Gasteiger charge is 2.15. The van der Waals surface area contributed by atoms with Gasteiger partial charge in [0, 0.05) is 56.3 Å². The van der Waals surface area contributed by atoms with Crippen molar-refractivity contribution in [2.45, 2.75) is 6.92 Å². The van der Waals surface area contributed by atoms with Crippen molar-refractivity contribution < 1.29 is 4.57 Å². The second-order valence-electron chi connectivity index (χ2n) is 8.70. The molecule has 3 heterocycles. The molecule has 6 rings (SSSR count). The van der Waals surface area contributed by atoms with Gasteiger partial charge in [-0.25, -0.2) is 4.57 Å². The van der Waals surface area contributed by atoms with Crippen LogP contribution in [-0.2, 0) is 14.1 Å². The van der Waals surface area contributed by atoms with E-state index in [0.717, 1.165) is 0 Å². The Hall–Kier alpha value is -3.69. The standard InChI is InChI=1S/C30H25N2S/c1-20-11-12-21(18-25(20)26-9-6-7-17-31(26)2)29-15-16-30(33-29)22-13-14-24-23-8-4-5-10-27(23)32(3)28(24)19-22/h4-19H,1-3H3/q+1. The average molecular weight is 446 g/mol. The van der Waals surface area contributed by atoms with Gasteiger partial charge in [-0.2, -0.15) is 0 Å². The molecular weight excluding hydrogens is 420 g/mol. The molecule has 0 aliphatic carbocycles. The first-order valence-electron chi connectivity index (χ1n) is 11.2. The monoisotopic (exact) mass is 445 g/mol. The molecule has 0 radical (unpaired) electrons. The van der Waals surface area contributed by atoms with E-state index in [1.165, 1.54) is 59.5 Å². The first-order chi connectivity index (χ1) is 16.1. The number of nitrogens with zero attached hydrogens (tertiary/aromatic N) is 2. The third-order valence-electron chi connectivity index (χ3n) is 6.66. The van der Waals surface area contributed by atoms with Gasteiger partial charge in [0.2, 0.25) is 5.69 Å². The van der Waals surface area contributed by atoms with Crippen molar-refractivity contribution >= 4 is 33.1 Å². The van der Waals surface area contributed by atoms with E-state index in [2.05, 4.69) is 127 Å². The summed E-state index contributed by atoms with van der Waals surface area (Å²) >= 11 is 1.86. The number of para-hydroxylation sites is 1. The van der Waals surface area contributed by atoms with Gasteiger partial charge in [0.25, 0.3) is 0 Å². The summed E-state index contributed by atoms with van der Waals surface area (Å²) in [5, 5.41) is 2.63. The fourth-order valence-corrected chi connectivity index (χ4v) is 5.82. The van der Waals surface area contributed by atoms with Gasteiger partial charge in [-0.1, -0.05) is 42.5 Å². The molecule has 2 nitrogen and oxygen atoms in total. The lowest BCUT2D eigenvalue weighted by Gasteiger charge is -2.07. The first-order valence-corrected chi connectivity index (χ1v) is 12.1. The van der Waals surface area contributed by atoms with Gasteiger partial charge in [0.05, 0.1) is 0 Å². The highest BCUT2D eigenvalue weighted by Crippen LogP contribution is 2.38. The molecule has 0 atom stereocenters. The molecule has 0 aliphatic rings. The molecule has 0 N–H and O–H groups in total. The van der Waals surface area contributed by atoms with Crippen LogP contribution in [0.25, 0.3) is 53.9 Å². The summed E-state index contributed by atoms with van der Waals surface area (Å²) in [6.07, 6.45) is 2.11. The van der Waals surface area contributed by atoms with E-state index in [1.54, 1.807) is 0 Å². The molecular formula is C30H25N2S+. The van der Waals surface area contributed by atoms with Crippen LogP contribution in [0.3, 0.4) is 0 Å². The molecule has 3 aromatic carbocycles. The summed E-state index contributed by atoms with van der Waals surface area (Å²) in [7, 11) is 4.26. The lowest BCUT2D eigenvalue weighted by Crippen LogP contribution is -2.30. The van der Waals surface area contributed by atoms with Gasteiger partial charge >= 0.3 is 0 Å². The molecule has 0 unspecified atom stereocenters. The minimum absolute atomic E-state index is 1.23. The Morgan fingerprint density at radius 3 is 2.21 bits per heavy atom. The molecule has 3 aromatic heterocycles. The van der Waals surface area contributed by atoms with E-state index in [1.807, 2.05) is 11.3 Å². The smallest absolute Gasteiger partial charge is 0.212 e. The Morgan fingerprint density at radius 2 is 1.39 bits per heavy atom. The molecule has 33 heavy (non-hydrogen) atoms. The van der Waals surface area contributed by atoms with Crippen molar-refractivity contribution in [1.82, 2.24) is 4.57 Å². The maximum atomic E-state index is 2.33. The Balaban J connectivity index is 1.42. The number of thiophene rings is 1. The van der Waals surface area contributed by atoms with Crippen molar-refractivity contribution in [3.63, 3.8) is 0 Å². The zero-order valence-corrected chi connectivity index (χ0v) is 19.9. The summed E-state index contributed by atoms with van der Waals surface area (Å²) in [6, 6.07) is 33.2. The Bertz CT molecular complexity index is 1650. The third-order valence-corrected chi connectivity index (χ3v) is 7.84. The average Bonchev–Trinajstić information content (AvgIpc) is 3.44. The maximum Gasteiger partial charge on any atom is 0.212 e. The largest absolute Gasteiger partial charge is 0.344 e. The van der Waals surface area contributed by atoms with Crippen LogP contribution in [-0.4, -0.2) is 4.57 Å². The van der Waals surface area contributed by atoms with Crippen LogP contribution in [0, 0.1) is 6.92 Å². The molecule has 0 saturated carbocycles. The van der Waals surface area contributed by atoms with Crippen molar-refractivity contribution in [1.29, 1.82) is 0 Å². The number of benzene rings is 3. The van der Waals surface area contributed by atoms with Crippen molar-refractivity contribution in [3.8, 4) is 32.1 Å². The Labute approximate surface area is 198 Å². The number of aromatic nitrogens is 2. The van der Waals surface area contributed by atoms with Gasteiger partial charge in [-0.05, 0) is 60.0 Å². The highest BCUT2D eigenvalue weighted by molar-refractivity contribution is 7.18. The van der Waals surface area contributed by atoms with Gasteiger partial charge < -0.3 is 4.57 Å². The topological polar surface area (TPSA) is 8.81 Å². The van der Waals surface area contributed by atoms with Crippen LogP contribution in [0.2, 0.25) is 0 Å². The normalized spacial score (nSPS) is 11.5. The van der Waals surface area contributed by atoms with Crippen molar-refractivity contribution in [2.24, 2.45) is 14.1 Å². The molecule has 0 amide bonds. The van der Waals surface area contributed by atoms with Crippen LogP contribution < -0.4 is 4.57 Å². The summed E-state index contributed by atoms with van der Waals surface area (Å²) in [6.45, 7) is 2.19. The first kappa shape index (κ1) is 20.0. The SMILES string of the molecule is Cc1ccc(-c2ccc(-c3ccc4c5ccccc5n(C)c4c3)s2)cc1-c1cccc[n+]1C. The predicted molar refractivity (Wildman–Crippen MR) is 141 cm³/mol. The quantitative estimate of drug-likeness (QED) is 0.249. The van der Waals surface area contributed by atoms with Gasteiger partial charge in [0.1, 0.15) is 7.05 Å². The fourth-order valence-electron chi connectivity index (χ4n) is 4.82. The summed E-state index contributed by atoms with van der Waals surface area (Å²) < 4.78 is 4.49. The number of rotatable bonds is 3. The molecule has 0 saturated heterocycles. The van der Waals surface area contributed by atoms with E-state index < -0.39 is 0 Å². The molecule has 0 spiro atoms. The third kappa shape index (κ3) is 3.28. The lowest BCUT2D eigenvalue weighted by atomic mass is 10.0. The summed E-state index contributed by atoms with van der Waals surface area (Å²) in [5.41, 5.74) is 8.89. The maximum absolute atomic E-state index is 2.33. The second kappa shape index (κ2) is 7.72. The number of fused-ring (bicyclic) bond motifs is 3. The van der Waals surface area contributed by atoms with Crippen LogP contribution in [0.1, 0.15) is 5.56 Å². The Morgan fingerprint density at radius 1 is 0.697 bits per heavy atom. The minimum Gasteiger partial charge on any atom is -0.344 e. The van der Waals surface area contributed by atoms with E-state index in [0.29, 0.717) is 0 Å². The Kier molecular flexibility index (Phi) is 4.67. The van der Waals surface area contributed by atoms with Crippen LogP contribution >= 0.6 is 11.3 Å². The van der Waals surface area contributed by atoms with Gasteiger partial charge in [-0.15, -0.1) is 11.3 Å². The molecule has 0 aliphatic heterocycles. The second-order valence-corrected chi connectivity index (χ2v) is 9.78.